The lowest BCUT2D eigenvalue weighted by atomic mass is 10.1. The number of nitrogens with one attached hydrogen (secondary N) is 2. The smallest absolute Gasteiger partial charge is 0.220 e. The van der Waals surface area contributed by atoms with Crippen LogP contribution in [0.2, 0.25) is 0 Å². The average molecular weight is 344 g/mol. The molecule has 2 N–H and O–H groups in total. The molecule has 1 aliphatic rings. The number of carbonyl (C=O) groups excluding carboxylic acids is 1. The number of ether oxygens (including phenoxy) is 1. The first-order valence-electron chi connectivity index (χ1n) is 8.63. The summed E-state index contributed by atoms with van der Waals surface area (Å²) >= 11 is 0. The second-order valence-corrected chi connectivity index (χ2v) is 6.25. The van der Waals surface area contributed by atoms with Gasteiger partial charge in [0, 0.05) is 37.7 Å². The Balaban J connectivity index is 1.43. The molecule has 0 saturated carbocycles. The maximum Gasteiger partial charge on any atom is 0.220 e. The van der Waals surface area contributed by atoms with E-state index >= 15 is 0 Å². The van der Waals surface area contributed by atoms with Gasteiger partial charge in [-0.05, 0) is 30.2 Å². The molecule has 8 heteroatoms. The first-order valence-corrected chi connectivity index (χ1v) is 8.63. The Kier molecular flexibility index (Phi) is 6.08. The Morgan fingerprint density at radius 1 is 1.40 bits per heavy atom. The summed E-state index contributed by atoms with van der Waals surface area (Å²) in [5, 5.41) is 16.9. The van der Waals surface area contributed by atoms with E-state index in [9.17, 15) is 4.79 Å². The maximum atomic E-state index is 12.1. The van der Waals surface area contributed by atoms with Gasteiger partial charge in [-0.15, -0.1) is 10.2 Å². The third-order valence-corrected chi connectivity index (χ3v) is 4.48. The molecule has 1 aromatic heterocycles. The van der Waals surface area contributed by atoms with Gasteiger partial charge in [0.15, 0.2) is 0 Å². The van der Waals surface area contributed by atoms with E-state index in [1.165, 1.54) is 0 Å². The summed E-state index contributed by atoms with van der Waals surface area (Å²) < 4.78 is 5.36. The molecular formula is C17H24N6O2. The molecule has 0 bridgehead atoms. The van der Waals surface area contributed by atoms with Crippen LogP contribution in [-0.2, 0) is 16.1 Å². The van der Waals surface area contributed by atoms with Crippen molar-refractivity contribution in [2.45, 2.75) is 32.4 Å². The number of hydrogen-bond acceptors (Lipinski definition) is 6. The fourth-order valence-corrected chi connectivity index (χ4v) is 2.93. The maximum absolute atomic E-state index is 12.1. The van der Waals surface area contributed by atoms with Gasteiger partial charge < -0.3 is 10.1 Å². The van der Waals surface area contributed by atoms with Gasteiger partial charge in [-0.2, -0.15) is 5.21 Å². The van der Waals surface area contributed by atoms with Crippen molar-refractivity contribution in [3.8, 4) is 11.4 Å². The van der Waals surface area contributed by atoms with E-state index in [2.05, 4.69) is 37.8 Å². The number of morpholine rings is 1. The van der Waals surface area contributed by atoms with Gasteiger partial charge in [0.1, 0.15) is 0 Å². The van der Waals surface area contributed by atoms with Crippen LogP contribution >= 0.6 is 0 Å². The number of rotatable bonds is 7. The second-order valence-electron chi connectivity index (χ2n) is 6.25. The van der Waals surface area contributed by atoms with Crippen LogP contribution in [-0.4, -0.2) is 63.8 Å². The number of hydrogen-bond donors (Lipinski definition) is 2. The summed E-state index contributed by atoms with van der Waals surface area (Å²) in [7, 11) is 0. The van der Waals surface area contributed by atoms with Crippen LogP contribution in [0.5, 0.6) is 0 Å². The molecule has 3 rings (SSSR count). The van der Waals surface area contributed by atoms with Crippen LogP contribution in [0, 0.1) is 0 Å². The Hall–Kier alpha value is -2.32. The fourth-order valence-electron chi connectivity index (χ4n) is 2.93. The highest BCUT2D eigenvalue weighted by atomic mass is 16.5. The lowest BCUT2D eigenvalue weighted by Crippen LogP contribution is -2.42. The Labute approximate surface area is 146 Å². The molecule has 1 aliphatic heterocycles. The van der Waals surface area contributed by atoms with E-state index in [1.807, 2.05) is 24.3 Å². The molecule has 1 atom stereocenters. The highest BCUT2D eigenvalue weighted by molar-refractivity contribution is 5.75. The topological polar surface area (TPSA) is 96.0 Å². The minimum atomic E-state index is 0.0741. The van der Waals surface area contributed by atoms with Crippen LogP contribution in [0.3, 0.4) is 0 Å². The summed E-state index contributed by atoms with van der Waals surface area (Å²) in [6, 6.07) is 8.17. The highest BCUT2D eigenvalue weighted by Crippen LogP contribution is 2.15. The van der Waals surface area contributed by atoms with Crippen molar-refractivity contribution in [3.05, 3.63) is 29.8 Å². The van der Waals surface area contributed by atoms with E-state index in [0.717, 1.165) is 43.9 Å². The van der Waals surface area contributed by atoms with Crippen LogP contribution in [0.4, 0.5) is 0 Å². The van der Waals surface area contributed by atoms with Gasteiger partial charge in [0.25, 0.3) is 0 Å². The standard InChI is InChI=1S/C17H24N6O2/c1-13(23-7-9-25-10-8-23)5-6-16(24)18-12-14-3-2-4-15(11-14)17-19-21-22-20-17/h2-4,11,13H,5-10,12H2,1H3,(H,18,24)(H,19,20,21,22). The Bertz CT molecular complexity index is 670. The van der Waals surface area contributed by atoms with E-state index in [1.54, 1.807) is 0 Å². The first-order chi connectivity index (χ1) is 12.2. The second kappa shape index (κ2) is 8.68. The number of aromatic nitrogens is 4. The van der Waals surface area contributed by atoms with Gasteiger partial charge in [-0.1, -0.05) is 18.2 Å². The van der Waals surface area contributed by atoms with Crippen molar-refractivity contribution in [1.82, 2.24) is 30.8 Å². The van der Waals surface area contributed by atoms with Crippen LogP contribution in [0.1, 0.15) is 25.3 Å². The van der Waals surface area contributed by atoms with Gasteiger partial charge in [0.2, 0.25) is 11.7 Å². The Morgan fingerprint density at radius 2 is 2.24 bits per heavy atom. The summed E-state index contributed by atoms with van der Waals surface area (Å²) in [5.74, 6) is 0.623. The van der Waals surface area contributed by atoms with E-state index in [-0.39, 0.29) is 5.91 Å². The van der Waals surface area contributed by atoms with Gasteiger partial charge in [-0.25, -0.2) is 0 Å². The molecule has 1 aromatic carbocycles. The van der Waals surface area contributed by atoms with Gasteiger partial charge in [-0.3, -0.25) is 9.69 Å². The molecule has 1 amide bonds. The third-order valence-electron chi connectivity index (χ3n) is 4.48. The molecule has 2 aromatic rings. The van der Waals surface area contributed by atoms with Crippen molar-refractivity contribution < 1.29 is 9.53 Å². The average Bonchev–Trinajstić information content (AvgIpc) is 3.20. The van der Waals surface area contributed by atoms with Crippen LogP contribution in [0.15, 0.2) is 24.3 Å². The quantitative estimate of drug-likeness (QED) is 0.777. The zero-order chi connectivity index (χ0) is 17.5. The van der Waals surface area contributed by atoms with Crippen LogP contribution < -0.4 is 5.32 Å². The van der Waals surface area contributed by atoms with Crippen molar-refractivity contribution in [1.29, 1.82) is 0 Å². The molecular weight excluding hydrogens is 320 g/mol. The van der Waals surface area contributed by atoms with Crippen molar-refractivity contribution in [2.75, 3.05) is 26.3 Å². The van der Waals surface area contributed by atoms with E-state index in [4.69, 9.17) is 4.74 Å². The van der Waals surface area contributed by atoms with Crippen molar-refractivity contribution >= 4 is 5.91 Å². The summed E-state index contributed by atoms with van der Waals surface area (Å²) in [5.41, 5.74) is 1.89. The molecule has 0 aliphatic carbocycles. The highest BCUT2D eigenvalue weighted by Gasteiger charge is 2.17. The summed E-state index contributed by atoms with van der Waals surface area (Å²) in [6.07, 6.45) is 1.39. The van der Waals surface area contributed by atoms with E-state index < -0.39 is 0 Å². The van der Waals surface area contributed by atoms with Gasteiger partial charge in [0.05, 0.1) is 13.2 Å². The van der Waals surface area contributed by atoms with E-state index in [0.29, 0.717) is 24.8 Å². The number of tetrazole rings is 1. The lowest BCUT2D eigenvalue weighted by Gasteiger charge is -2.32. The largest absolute Gasteiger partial charge is 0.379 e. The number of carbonyl (C=O) groups is 1. The molecule has 1 saturated heterocycles. The normalized spacial score (nSPS) is 16.5. The fraction of sp³-hybridized carbons (Fsp3) is 0.529. The van der Waals surface area contributed by atoms with Crippen LogP contribution in [0.25, 0.3) is 11.4 Å². The minimum Gasteiger partial charge on any atom is -0.379 e. The molecule has 134 valence electrons. The molecule has 2 heterocycles. The molecule has 0 spiro atoms. The zero-order valence-corrected chi connectivity index (χ0v) is 14.4. The minimum absolute atomic E-state index is 0.0741. The monoisotopic (exact) mass is 344 g/mol. The zero-order valence-electron chi connectivity index (χ0n) is 14.4. The number of H-pyrrole nitrogens is 1. The first kappa shape index (κ1) is 17.5. The molecule has 8 nitrogen and oxygen atoms in total. The molecule has 25 heavy (non-hydrogen) atoms. The number of benzene rings is 1. The third kappa shape index (κ3) is 5.07. The lowest BCUT2D eigenvalue weighted by molar-refractivity contribution is -0.121. The molecule has 1 unspecified atom stereocenters. The number of aromatic amines is 1. The predicted octanol–water partition coefficient (Wildman–Crippen LogP) is 0.984. The van der Waals surface area contributed by atoms with Gasteiger partial charge >= 0.3 is 0 Å². The Morgan fingerprint density at radius 3 is 3.00 bits per heavy atom. The molecule has 0 radical (unpaired) electrons. The SMILES string of the molecule is CC(CCC(=O)NCc1cccc(-c2nn[nH]n2)c1)N1CCOCC1. The predicted molar refractivity (Wildman–Crippen MR) is 92.5 cm³/mol. The van der Waals surface area contributed by atoms with Crippen molar-refractivity contribution in [2.24, 2.45) is 0 Å². The van der Waals surface area contributed by atoms with Crippen molar-refractivity contribution in [3.63, 3.8) is 0 Å². The number of amides is 1. The summed E-state index contributed by atoms with van der Waals surface area (Å²) in [4.78, 5) is 14.5. The number of nitrogens with zero attached hydrogens (tertiary/aromatic N) is 4. The molecule has 1 fully saturated rings. The summed E-state index contributed by atoms with van der Waals surface area (Å²) in [6.45, 7) is 6.14.